The van der Waals surface area contributed by atoms with Crippen LogP contribution in [0.5, 0.6) is 0 Å². The molecule has 25 heavy (non-hydrogen) atoms. The van der Waals surface area contributed by atoms with E-state index in [1.54, 1.807) is 4.90 Å². The Bertz CT molecular complexity index is 821. The number of carbonyl (C=O) groups excluding carboxylic acids is 1. The monoisotopic (exact) mass is 379 g/mol. The predicted octanol–water partition coefficient (Wildman–Crippen LogP) is 3.86. The molecule has 2 aromatic rings. The van der Waals surface area contributed by atoms with Crippen LogP contribution in [0, 0.1) is 10.1 Å². The van der Waals surface area contributed by atoms with Crippen LogP contribution in [0.3, 0.4) is 0 Å². The van der Waals surface area contributed by atoms with Crippen molar-refractivity contribution in [1.29, 1.82) is 0 Å². The Morgan fingerprint density at radius 3 is 2.32 bits per heavy atom. The number of piperazine rings is 1. The van der Waals surface area contributed by atoms with Crippen LogP contribution in [0.15, 0.2) is 42.5 Å². The summed E-state index contributed by atoms with van der Waals surface area (Å²) in [5.74, 6) is -0.375. The minimum absolute atomic E-state index is 0.0219. The van der Waals surface area contributed by atoms with Gasteiger partial charge in [-0.05, 0) is 30.3 Å². The van der Waals surface area contributed by atoms with Gasteiger partial charge in [-0.2, -0.15) is 0 Å². The largest absolute Gasteiger partial charge is 0.368 e. The first-order valence-corrected chi connectivity index (χ1v) is 8.45. The third-order valence-corrected chi connectivity index (χ3v) is 4.60. The molecule has 130 valence electrons. The molecule has 1 fully saturated rings. The Morgan fingerprint density at radius 2 is 1.68 bits per heavy atom. The van der Waals surface area contributed by atoms with Gasteiger partial charge in [0.25, 0.3) is 11.6 Å². The molecule has 1 heterocycles. The van der Waals surface area contributed by atoms with Crippen LogP contribution in [0.25, 0.3) is 0 Å². The summed E-state index contributed by atoms with van der Waals surface area (Å²) in [5, 5.41) is 12.1. The molecule has 0 radical (unpaired) electrons. The van der Waals surface area contributed by atoms with E-state index in [0.29, 0.717) is 36.2 Å². The first kappa shape index (κ1) is 17.5. The van der Waals surface area contributed by atoms with Crippen molar-refractivity contribution in [2.24, 2.45) is 0 Å². The minimum Gasteiger partial charge on any atom is -0.368 e. The molecule has 6 nitrogen and oxygen atoms in total. The number of halogens is 2. The normalized spacial score (nSPS) is 14.5. The lowest BCUT2D eigenvalue weighted by Crippen LogP contribution is -2.48. The van der Waals surface area contributed by atoms with Gasteiger partial charge in [0.2, 0.25) is 0 Å². The summed E-state index contributed by atoms with van der Waals surface area (Å²) < 4.78 is 0. The molecule has 0 aliphatic carbocycles. The second-order valence-electron chi connectivity index (χ2n) is 5.68. The molecule has 0 spiro atoms. The topological polar surface area (TPSA) is 66.7 Å². The Labute approximate surface area is 154 Å². The minimum atomic E-state index is -0.564. The molecular weight excluding hydrogens is 365 g/mol. The van der Waals surface area contributed by atoms with E-state index < -0.39 is 4.92 Å². The number of benzene rings is 2. The van der Waals surface area contributed by atoms with Crippen LogP contribution in [0.1, 0.15) is 10.4 Å². The molecule has 1 aliphatic heterocycles. The lowest BCUT2D eigenvalue weighted by Gasteiger charge is -2.36. The molecule has 0 unspecified atom stereocenters. The van der Waals surface area contributed by atoms with Crippen molar-refractivity contribution in [2.45, 2.75) is 0 Å². The standard InChI is InChI=1S/C17H15Cl2N3O3/c18-12-2-1-3-14(10-12)20-6-8-21(9-7-20)17(23)15-11-13(19)4-5-16(15)22(24)25/h1-5,10-11H,6-9H2. The molecular formula is C17H15Cl2N3O3. The van der Waals surface area contributed by atoms with Gasteiger partial charge in [-0.25, -0.2) is 0 Å². The highest BCUT2D eigenvalue weighted by molar-refractivity contribution is 6.31. The number of amides is 1. The first-order chi connectivity index (χ1) is 12.0. The van der Waals surface area contributed by atoms with Crippen LogP contribution >= 0.6 is 23.2 Å². The van der Waals surface area contributed by atoms with Crippen molar-refractivity contribution in [3.63, 3.8) is 0 Å². The van der Waals surface area contributed by atoms with Gasteiger partial charge in [-0.15, -0.1) is 0 Å². The fraction of sp³-hybridized carbons (Fsp3) is 0.235. The van der Waals surface area contributed by atoms with Gasteiger partial charge in [0.05, 0.1) is 4.92 Å². The summed E-state index contributed by atoms with van der Waals surface area (Å²) >= 11 is 11.9. The molecule has 0 bridgehead atoms. The zero-order valence-corrected chi connectivity index (χ0v) is 14.7. The van der Waals surface area contributed by atoms with E-state index in [1.807, 2.05) is 24.3 Å². The summed E-state index contributed by atoms with van der Waals surface area (Å²) in [7, 11) is 0. The van der Waals surface area contributed by atoms with Crippen LogP contribution in [-0.2, 0) is 0 Å². The molecule has 1 amide bonds. The van der Waals surface area contributed by atoms with E-state index in [1.165, 1.54) is 18.2 Å². The summed E-state index contributed by atoms with van der Waals surface area (Å²) in [6, 6.07) is 11.6. The van der Waals surface area contributed by atoms with Crippen LogP contribution in [-0.4, -0.2) is 41.9 Å². The highest BCUT2D eigenvalue weighted by Gasteiger charge is 2.27. The van der Waals surface area contributed by atoms with Crippen molar-refractivity contribution in [1.82, 2.24) is 4.90 Å². The van der Waals surface area contributed by atoms with Crippen LogP contribution in [0.2, 0.25) is 10.0 Å². The average molecular weight is 380 g/mol. The lowest BCUT2D eigenvalue weighted by molar-refractivity contribution is -0.385. The smallest absolute Gasteiger partial charge is 0.282 e. The number of anilines is 1. The molecule has 8 heteroatoms. The van der Waals surface area contributed by atoms with Gasteiger partial charge in [0.15, 0.2) is 0 Å². The Balaban J connectivity index is 1.74. The zero-order chi connectivity index (χ0) is 18.0. The second kappa shape index (κ2) is 7.29. The van der Waals surface area contributed by atoms with Gasteiger partial charge in [0.1, 0.15) is 5.56 Å². The van der Waals surface area contributed by atoms with E-state index in [0.717, 1.165) is 5.69 Å². The van der Waals surface area contributed by atoms with Gasteiger partial charge in [-0.1, -0.05) is 29.3 Å². The van der Waals surface area contributed by atoms with Gasteiger partial charge in [-0.3, -0.25) is 14.9 Å². The van der Waals surface area contributed by atoms with E-state index in [9.17, 15) is 14.9 Å². The van der Waals surface area contributed by atoms with Gasteiger partial charge in [0, 0.05) is 48.0 Å². The van der Waals surface area contributed by atoms with E-state index in [4.69, 9.17) is 23.2 Å². The first-order valence-electron chi connectivity index (χ1n) is 7.69. The van der Waals surface area contributed by atoms with E-state index in [-0.39, 0.29) is 17.2 Å². The molecule has 0 aromatic heterocycles. The maximum Gasteiger partial charge on any atom is 0.282 e. The second-order valence-corrected chi connectivity index (χ2v) is 6.55. The summed E-state index contributed by atoms with van der Waals surface area (Å²) in [6.45, 7) is 2.19. The summed E-state index contributed by atoms with van der Waals surface area (Å²) in [5.41, 5.74) is 0.786. The number of hydrogen-bond donors (Lipinski definition) is 0. The van der Waals surface area contributed by atoms with Crippen molar-refractivity contribution >= 4 is 40.5 Å². The maximum absolute atomic E-state index is 12.7. The summed E-state index contributed by atoms with van der Waals surface area (Å²) in [6.07, 6.45) is 0. The van der Waals surface area contributed by atoms with Gasteiger partial charge < -0.3 is 9.80 Å². The number of nitrogens with zero attached hydrogens (tertiary/aromatic N) is 3. The van der Waals surface area contributed by atoms with Gasteiger partial charge >= 0.3 is 0 Å². The predicted molar refractivity (Wildman–Crippen MR) is 97.7 cm³/mol. The highest BCUT2D eigenvalue weighted by atomic mass is 35.5. The fourth-order valence-corrected chi connectivity index (χ4v) is 3.21. The third-order valence-electron chi connectivity index (χ3n) is 4.13. The molecule has 3 rings (SSSR count). The number of rotatable bonds is 3. The average Bonchev–Trinajstić information content (AvgIpc) is 2.61. The number of carbonyl (C=O) groups is 1. The molecule has 0 N–H and O–H groups in total. The fourth-order valence-electron chi connectivity index (χ4n) is 2.85. The Morgan fingerprint density at radius 1 is 1.00 bits per heavy atom. The summed E-state index contributed by atoms with van der Waals surface area (Å²) in [4.78, 5) is 27.0. The lowest BCUT2D eigenvalue weighted by atomic mass is 10.1. The Hall–Kier alpha value is -2.31. The van der Waals surface area contributed by atoms with Crippen molar-refractivity contribution in [3.05, 3.63) is 68.2 Å². The Kier molecular flexibility index (Phi) is 5.11. The van der Waals surface area contributed by atoms with Crippen molar-refractivity contribution < 1.29 is 9.72 Å². The quantitative estimate of drug-likeness (QED) is 0.599. The van der Waals surface area contributed by atoms with E-state index >= 15 is 0 Å². The zero-order valence-electron chi connectivity index (χ0n) is 13.2. The highest BCUT2D eigenvalue weighted by Crippen LogP contribution is 2.26. The van der Waals surface area contributed by atoms with Crippen LogP contribution < -0.4 is 4.90 Å². The van der Waals surface area contributed by atoms with Crippen LogP contribution in [0.4, 0.5) is 11.4 Å². The van der Waals surface area contributed by atoms with Crippen molar-refractivity contribution in [2.75, 3.05) is 31.1 Å². The molecule has 2 aromatic carbocycles. The number of nitro benzene ring substituents is 1. The third kappa shape index (κ3) is 3.86. The molecule has 0 atom stereocenters. The molecule has 1 aliphatic rings. The maximum atomic E-state index is 12.7. The van der Waals surface area contributed by atoms with Crippen molar-refractivity contribution in [3.8, 4) is 0 Å². The number of hydrogen-bond acceptors (Lipinski definition) is 4. The molecule has 1 saturated heterocycles. The molecule has 0 saturated carbocycles. The SMILES string of the molecule is O=C(c1cc(Cl)ccc1[N+](=O)[O-])N1CCN(c2cccc(Cl)c2)CC1. The van der Waals surface area contributed by atoms with E-state index in [2.05, 4.69) is 4.90 Å². The number of nitro groups is 1.